The molecule has 1 aliphatic carbocycles. The first-order valence-electron chi connectivity index (χ1n) is 6.55. The topological polar surface area (TPSA) is 20.2 Å². The SMILES string of the molecule is CC(CC(O)CC1CCC1)CC(C)(C)C. The summed E-state index contributed by atoms with van der Waals surface area (Å²) in [4.78, 5) is 0. The minimum absolute atomic E-state index is 0.0485. The minimum atomic E-state index is -0.0485. The van der Waals surface area contributed by atoms with Gasteiger partial charge < -0.3 is 5.11 Å². The maximum absolute atomic E-state index is 9.95. The van der Waals surface area contributed by atoms with Gasteiger partial charge in [0.1, 0.15) is 0 Å². The Hall–Kier alpha value is -0.0400. The van der Waals surface area contributed by atoms with Crippen LogP contribution in [-0.2, 0) is 0 Å². The van der Waals surface area contributed by atoms with Gasteiger partial charge in [-0.3, -0.25) is 0 Å². The molecule has 0 heterocycles. The molecule has 1 nitrogen and oxygen atoms in total. The molecule has 2 unspecified atom stereocenters. The van der Waals surface area contributed by atoms with Crippen molar-refractivity contribution in [1.82, 2.24) is 0 Å². The van der Waals surface area contributed by atoms with Crippen molar-refractivity contribution in [1.29, 1.82) is 0 Å². The molecular weight excluding hydrogens is 184 g/mol. The normalized spacial score (nSPS) is 22.2. The van der Waals surface area contributed by atoms with E-state index in [-0.39, 0.29) is 6.10 Å². The van der Waals surface area contributed by atoms with Gasteiger partial charge in [0.2, 0.25) is 0 Å². The first-order chi connectivity index (χ1) is 6.87. The summed E-state index contributed by atoms with van der Waals surface area (Å²) in [6.07, 6.45) is 7.30. The Morgan fingerprint density at radius 1 is 1.27 bits per heavy atom. The number of aliphatic hydroxyl groups excluding tert-OH is 1. The molecule has 0 amide bonds. The van der Waals surface area contributed by atoms with Crippen LogP contribution in [0.15, 0.2) is 0 Å². The van der Waals surface area contributed by atoms with Crippen molar-refractivity contribution < 1.29 is 5.11 Å². The van der Waals surface area contributed by atoms with Crippen LogP contribution >= 0.6 is 0 Å². The molecule has 1 rings (SSSR count). The van der Waals surface area contributed by atoms with Crippen LogP contribution in [0.4, 0.5) is 0 Å². The predicted octanol–water partition coefficient (Wildman–Crippen LogP) is 4.00. The molecule has 0 radical (unpaired) electrons. The van der Waals surface area contributed by atoms with Crippen molar-refractivity contribution in [2.24, 2.45) is 17.3 Å². The van der Waals surface area contributed by atoms with E-state index in [0.717, 1.165) is 18.8 Å². The van der Waals surface area contributed by atoms with E-state index >= 15 is 0 Å². The Labute approximate surface area is 95.3 Å². The molecule has 1 saturated carbocycles. The minimum Gasteiger partial charge on any atom is -0.393 e. The highest BCUT2D eigenvalue weighted by Crippen LogP contribution is 2.33. The quantitative estimate of drug-likeness (QED) is 0.730. The van der Waals surface area contributed by atoms with Crippen LogP contribution in [0.5, 0.6) is 0 Å². The second-order valence-electron chi connectivity index (χ2n) is 6.79. The fourth-order valence-electron chi connectivity index (χ4n) is 2.80. The van der Waals surface area contributed by atoms with Crippen molar-refractivity contribution in [3.8, 4) is 0 Å². The summed E-state index contributed by atoms with van der Waals surface area (Å²) in [6.45, 7) is 9.11. The van der Waals surface area contributed by atoms with Gasteiger partial charge in [0.15, 0.2) is 0 Å². The van der Waals surface area contributed by atoms with E-state index < -0.39 is 0 Å². The fraction of sp³-hybridized carbons (Fsp3) is 1.00. The maximum atomic E-state index is 9.95. The molecule has 0 bridgehead atoms. The predicted molar refractivity (Wildman–Crippen MR) is 65.8 cm³/mol. The van der Waals surface area contributed by atoms with Crippen LogP contribution in [0.3, 0.4) is 0 Å². The van der Waals surface area contributed by atoms with Crippen molar-refractivity contribution in [2.75, 3.05) is 0 Å². The average Bonchev–Trinajstić information content (AvgIpc) is 1.92. The van der Waals surface area contributed by atoms with Crippen LogP contribution in [-0.4, -0.2) is 11.2 Å². The van der Waals surface area contributed by atoms with Gasteiger partial charge in [-0.05, 0) is 36.5 Å². The van der Waals surface area contributed by atoms with Crippen LogP contribution in [0.1, 0.15) is 66.2 Å². The summed E-state index contributed by atoms with van der Waals surface area (Å²) in [7, 11) is 0. The number of hydrogen-bond acceptors (Lipinski definition) is 1. The zero-order chi connectivity index (χ0) is 11.5. The first kappa shape index (κ1) is 13.0. The van der Waals surface area contributed by atoms with Crippen LogP contribution in [0.2, 0.25) is 0 Å². The first-order valence-corrected chi connectivity index (χ1v) is 6.55. The third kappa shape index (κ3) is 5.55. The Balaban J connectivity index is 2.15. The average molecular weight is 212 g/mol. The molecule has 1 heteroatoms. The van der Waals surface area contributed by atoms with Crippen LogP contribution in [0, 0.1) is 17.3 Å². The number of hydrogen-bond donors (Lipinski definition) is 1. The maximum Gasteiger partial charge on any atom is 0.0545 e. The van der Waals surface area contributed by atoms with E-state index in [2.05, 4.69) is 27.7 Å². The highest BCUT2D eigenvalue weighted by atomic mass is 16.3. The third-order valence-corrected chi connectivity index (χ3v) is 3.47. The Bertz CT molecular complexity index is 176. The number of rotatable bonds is 5. The van der Waals surface area contributed by atoms with Gasteiger partial charge in [-0.2, -0.15) is 0 Å². The van der Waals surface area contributed by atoms with Gasteiger partial charge in [-0.1, -0.05) is 47.0 Å². The largest absolute Gasteiger partial charge is 0.393 e. The standard InChI is InChI=1S/C14H28O/c1-11(10-14(2,3)4)8-13(15)9-12-6-5-7-12/h11-13,15H,5-10H2,1-4H3. The molecule has 0 aromatic rings. The van der Waals surface area contributed by atoms with Crippen LogP contribution in [0.25, 0.3) is 0 Å². The van der Waals surface area contributed by atoms with E-state index in [0.29, 0.717) is 11.3 Å². The molecule has 15 heavy (non-hydrogen) atoms. The second-order valence-corrected chi connectivity index (χ2v) is 6.79. The lowest BCUT2D eigenvalue weighted by molar-refractivity contribution is 0.0892. The van der Waals surface area contributed by atoms with E-state index in [1.807, 2.05) is 0 Å². The summed E-state index contributed by atoms with van der Waals surface area (Å²) >= 11 is 0. The highest BCUT2D eigenvalue weighted by Gasteiger charge is 2.23. The lowest BCUT2D eigenvalue weighted by Crippen LogP contribution is -2.22. The molecule has 0 aromatic carbocycles. The van der Waals surface area contributed by atoms with Gasteiger partial charge in [-0.15, -0.1) is 0 Å². The Morgan fingerprint density at radius 2 is 1.87 bits per heavy atom. The van der Waals surface area contributed by atoms with Crippen molar-refractivity contribution in [3.63, 3.8) is 0 Å². The van der Waals surface area contributed by atoms with Gasteiger partial charge in [0.25, 0.3) is 0 Å². The van der Waals surface area contributed by atoms with Crippen molar-refractivity contribution in [3.05, 3.63) is 0 Å². The summed E-state index contributed by atoms with van der Waals surface area (Å²) < 4.78 is 0. The van der Waals surface area contributed by atoms with E-state index in [9.17, 15) is 5.11 Å². The van der Waals surface area contributed by atoms with Gasteiger partial charge in [-0.25, -0.2) is 0 Å². The molecule has 0 aliphatic heterocycles. The summed E-state index contributed by atoms with van der Waals surface area (Å²) in [5, 5.41) is 9.95. The lowest BCUT2D eigenvalue weighted by Gasteiger charge is -2.30. The van der Waals surface area contributed by atoms with Gasteiger partial charge >= 0.3 is 0 Å². The Kier molecular flexibility index (Phi) is 4.64. The van der Waals surface area contributed by atoms with E-state index in [1.54, 1.807) is 0 Å². The molecule has 90 valence electrons. The fourth-order valence-corrected chi connectivity index (χ4v) is 2.80. The second kappa shape index (κ2) is 5.34. The Morgan fingerprint density at radius 3 is 2.27 bits per heavy atom. The third-order valence-electron chi connectivity index (χ3n) is 3.47. The molecular formula is C14H28O. The summed E-state index contributed by atoms with van der Waals surface area (Å²) in [5.74, 6) is 1.49. The monoisotopic (exact) mass is 212 g/mol. The van der Waals surface area contributed by atoms with E-state index in [1.165, 1.54) is 25.7 Å². The molecule has 1 fully saturated rings. The lowest BCUT2D eigenvalue weighted by atomic mass is 9.78. The summed E-state index contributed by atoms with van der Waals surface area (Å²) in [5.41, 5.74) is 0.398. The zero-order valence-electron chi connectivity index (χ0n) is 10.9. The molecule has 0 saturated heterocycles. The molecule has 0 aromatic heterocycles. The van der Waals surface area contributed by atoms with Crippen LogP contribution < -0.4 is 0 Å². The van der Waals surface area contributed by atoms with Crippen molar-refractivity contribution in [2.45, 2.75) is 72.3 Å². The van der Waals surface area contributed by atoms with E-state index in [4.69, 9.17) is 0 Å². The molecule has 1 N–H and O–H groups in total. The zero-order valence-corrected chi connectivity index (χ0v) is 10.9. The molecule has 1 aliphatic rings. The van der Waals surface area contributed by atoms with Gasteiger partial charge in [0, 0.05) is 0 Å². The number of aliphatic hydroxyl groups is 1. The smallest absolute Gasteiger partial charge is 0.0545 e. The highest BCUT2D eigenvalue weighted by molar-refractivity contribution is 4.75. The van der Waals surface area contributed by atoms with Gasteiger partial charge in [0.05, 0.1) is 6.10 Å². The summed E-state index contributed by atoms with van der Waals surface area (Å²) in [6, 6.07) is 0. The molecule has 2 atom stereocenters. The molecule has 0 spiro atoms. The van der Waals surface area contributed by atoms with Crippen molar-refractivity contribution >= 4 is 0 Å².